The molecule has 0 fully saturated rings. The molecule has 0 unspecified atom stereocenters. The van der Waals surface area contributed by atoms with Gasteiger partial charge < -0.3 is 10.1 Å². The van der Waals surface area contributed by atoms with Crippen molar-refractivity contribution in [3.05, 3.63) is 84.4 Å². The molecule has 32 heavy (non-hydrogen) atoms. The average molecular weight is 454 g/mol. The van der Waals surface area contributed by atoms with Gasteiger partial charge in [0.25, 0.3) is 15.9 Å². The summed E-state index contributed by atoms with van der Waals surface area (Å²) in [7, 11) is -2.17. The van der Waals surface area contributed by atoms with Crippen molar-refractivity contribution in [3.63, 3.8) is 0 Å². The Hall–Kier alpha value is -3.85. The molecule has 3 aromatic carbocycles. The van der Waals surface area contributed by atoms with Crippen molar-refractivity contribution in [2.45, 2.75) is 11.8 Å². The molecule has 0 saturated carbocycles. The Bertz CT molecular complexity index is 1180. The highest BCUT2D eigenvalue weighted by atomic mass is 32.2. The maximum absolute atomic E-state index is 12.5. The van der Waals surface area contributed by atoms with Crippen molar-refractivity contribution in [3.8, 4) is 0 Å². The lowest BCUT2D eigenvalue weighted by atomic mass is 10.2. The second-order valence-corrected chi connectivity index (χ2v) is 8.44. The molecule has 2 amide bonds. The number of nitrogens with one attached hydrogen (secondary N) is 2. The van der Waals surface area contributed by atoms with Gasteiger partial charge in [0.15, 0.2) is 0 Å². The molecule has 0 aromatic heterocycles. The molecule has 3 aromatic rings. The summed E-state index contributed by atoms with van der Waals surface area (Å²) in [5, 5.41) is 2.74. The number of ether oxygens (including phenoxy) is 1. The Morgan fingerprint density at radius 3 is 2.09 bits per heavy atom. The highest BCUT2D eigenvalue weighted by Gasteiger charge is 2.16. The summed E-state index contributed by atoms with van der Waals surface area (Å²) in [5.41, 5.74) is 1.89. The molecule has 0 aliphatic carbocycles. The Labute approximate surface area is 186 Å². The molecule has 0 saturated heterocycles. The van der Waals surface area contributed by atoms with Gasteiger partial charge in [0.1, 0.15) is 0 Å². The van der Waals surface area contributed by atoms with E-state index in [0.717, 1.165) is 0 Å². The predicted octanol–water partition coefficient (Wildman–Crippen LogP) is 4.33. The minimum Gasteiger partial charge on any atom is -0.449 e. The number of rotatable bonds is 7. The van der Waals surface area contributed by atoms with Gasteiger partial charge in [0.05, 0.1) is 11.5 Å². The van der Waals surface area contributed by atoms with Gasteiger partial charge in [-0.05, 0) is 67.6 Å². The zero-order valence-corrected chi connectivity index (χ0v) is 18.4. The molecule has 0 aliphatic heterocycles. The third kappa shape index (κ3) is 5.64. The molecular weight excluding hydrogens is 430 g/mol. The van der Waals surface area contributed by atoms with E-state index < -0.39 is 22.0 Å². The Morgan fingerprint density at radius 2 is 1.50 bits per heavy atom. The second-order valence-electron chi connectivity index (χ2n) is 6.75. The van der Waals surface area contributed by atoms with Crippen LogP contribution in [0, 0.1) is 0 Å². The third-order valence-electron chi connectivity index (χ3n) is 4.51. The number of anilines is 3. The van der Waals surface area contributed by atoms with E-state index in [2.05, 4.69) is 10.0 Å². The van der Waals surface area contributed by atoms with E-state index in [1.165, 1.54) is 29.2 Å². The van der Waals surface area contributed by atoms with Crippen LogP contribution in [0.5, 0.6) is 0 Å². The Kier molecular flexibility index (Phi) is 7.11. The van der Waals surface area contributed by atoms with Crippen molar-refractivity contribution in [1.29, 1.82) is 0 Å². The minimum atomic E-state index is -3.76. The Morgan fingerprint density at radius 1 is 0.875 bits per heavy atom. The van der Waals surface area contributed by atoms with Crippen LogP contribution in [-0.4, -0.2) is 34.1 Å². The molecular formula is C23H23N3O5S. The van der Waals surface area contributed by atoms with E-state index in [4.69, 9.17) is 4.74 Å². The lowest BCUT2D eigenvalue weighted by Gasteiger charge is -2.17. The maximum atomic E-state index is 12.5. The molecule has 0 aliphatic rings. The van der Waals surface area contributed by atoms with Crippen LogP contribution in [0.4, 0.5) is 21.9 Å². The van der Waals surface area contributed by atoms with Crippen LogP contribution in [0.25, 0.3) is 0 Å². The molecule has 8 nitrogen and oxygen atoms in total. The van der Waals surface area contributed by atoms with Gasteiger partial charge in [-0.1, -0.05) is 18.2 Å². The van der Waals surface area contributed by atoms with E-state index in [1.807, 2.05) is 0 Å². The van der Waals surface area contributed by atoms with Gasteiger partial charge in [-0.2, -0.15) is 0 Å². The van der Waals surface area contributed by atoms with Gasteiger partial charge in [0, 0.05) is 29.7 Å². The van der Waals surface area contributed by atoms with Crippen LogP contribution in [0.2, 0.25) is 0 Å². The van der Waals surface area contributed by atoms with Gasteiger partial charge in [-0.15, -0.1) is 0 Å². The fourth-order valence-corrected chi connectivity index (χ4v) is 3.86. The van der Waals surface area contributed by atoms with E-state index in [0.29, 0.717) is 22.6 Å². The summed E-state index contributed by atoms with van der Waals surface area (Å²) >= 11 is 0. The molecule has 0 heterocycles. The summed E-state index contributed by atoms with van der Waals surface area (Å²) in [6, 6.07) is 20.8. The number of para-hydroxylation sites is 1. The lowest BCUT2D eigenvalue weighted by Crippen LogP contribution is -2.26. The molecule has 3 rings (SSSR count). The standard InChI is InChI=1S/C23H23N3O5S/c1-3-31-23(28)26(2)20-13-11-18(12-14-20)24-22(27)17-9-15-21(16-10-17)32(29,30)25-19-7-5-4-6-8-19/h4-16,25H,3H2,1-2H3,(H,24,27). The van der Waals surface area contributed by atoms with E-state index in [1.54, 1.807) is 68.6 Å². The van der Waals surface area contributed by atoms with Crippen molar-refractivity contribution in [2.75, 3.05) is 28.6 Å². The van der Waals surface area contributed by atoms with Crippen LogP contribution in [0.3, 0.4) is 0 Å². The summed E-state index contributed by atoms with van der Waals surface area (Å²) < 4.78 is 32.4. The number of carbonyl (C=O) groups is 2. The van der Waals surface area contributed by atoms with Crippen molar-refractivity contribution < 1.29 is 22.7 Å². The molecule has 0 bridgehead atoms. The van der Waals surface area contributed by atoms with Crippen LogP contribution in [-0.2, 0) is 14.8 Å². The summed E-state index contributed by atoms with van der Waals surface area (Å²) in [5.74, 6) is -0.392. The number of amides is 2. The van der Waals surface area contributed by atoms with Gasteiger partial charge >= 0.3 is 6.09 Å². The van der Waals surface area contributed by atoms with Crippen LogP contribution < -0.4 is 14.9 Å². The van der Waals surface area contributed by atoms with Crippen LogP contribution in [0.1, 0.15) is 17.3 Å². The van der Waals surface area contributed by atoms with E-state index in [9.17, 15) is 18.0 Å². The van der Waals surface area contributed by atoms with E-state index >= 15 is 0 Å². The predicted molar refractivity (Wildman–Crippen MR) is 124 cm³/mol. The average Bonchev–Trinajstić information content (AvgIpc) is 2.79. The summed E-state index contributed by atoms with van der Waals surface area (Å²) in [6.45, 7) is 2.01. The van der Waals surface area contributed by atoms with Gasteiger partial charge in [-0.25, -0.2) is 13.2 Å². The SMILES string of the molecule is CCOC(=O)N(C)c1ccc(NC(=O)c2ccc(S(=O)(=O)Nc3ccccc3)cc2)cc1. The molecule has 0 radical (unpaired) electrons. The molecule has 0 spiro atoms. The monoisotopic (exact) mass is 453 g/mol. The first kappa shape index (κ1) is 22.8. The molecule has 9 heteroatoms. The first-order chi connectivity index (χ1) is 15.3. The highest BCUT2D eigenvalue weighted by molar-refractivity contribution is 7.92. The molecule has 2 N–H and O–H groups in total. The second kappa shape index (κ2) is 9.97. The largest absolute Gasteiger partial charge is 0.449 e. The Balaban J connectivity index is 1.65. The number of hydrogen-bond donors (Lipinski definition) is 2. The molecule has 166 valence electrons. The zero-order valence-electron chi connectivity index (χ0n) is 17.6. The third-order valence-corrected chi connectivity index (χ3v) is 5.90. The number of sulfonamides is 1. The minimum absolute atomic E-state index is 0.0456. The van der Waals surface area contributed by atoms with E-state index in [-0.39, 0.29) is 11.5 Å². The quantitative estimate of drug-likeness (QED) is 0.554. The van der Waals surface area contributed by atoms with Crippen LogP contribution >= 0.6 is 0 Å². The number of carbonyl (C=O) groups excluding carboxylic acids is 2. The van der Waals surface area contributed by atoms with Crippen molar-refractivity contribution >= 4 is 39.1 Å². The fourth-order valence-electron chi connectivity index (χ4n) is 2.80. The van der Waals surface area contributed by atoms with Crippen LogP contribution in [0.15, 0.2) is 83.8 Å². The van der Waals surface area contributed by atoms with Crippen molar-refractivity contribution in [2.24, 2.45) is 0 Å². The highest BCUT2D eigenvalue weighted by Crippen LogP contribution is 2.20. The maximum Gasteiger partial charge on any atom is 0.413 e. The van der Waals surface area contributed by atoms with Gasteiger partial charge in [-0.3, -0.25) is 14.4 Å². The normalized spacial score (nSPS) is 10.8. The first-order valence-electron chi connectivity index (χ1n) is 9.80. The lowest BCUT2D eigenvalue weighted by molar-refractivity contribution is 0.102. The topological polar surface area (TPSA) is 105 Å². The number of hydrogen-bond acceptors (Lipinski definition) is 5. The fraction of sp³-hybridized carbons (Fsp3) is 0.130. The first-order valence-corrected chi connectivity index (χ1v) is 11.3. The van der Waals surface area contributed by atoms with Gasteiger partial charge in [0.2, 0.25) is 0 Å². The zero-order chi connectivity index (χ0) is 23.1. The smallest absolute Gasteiger partial charge is 0.413 e. The summed E-state index contributed by atoms with van der Waals surface area (Å²) in [4.78, 5) is 25.7. The van der Waals surface area contributed by atoms with Crippen molar-refractivity contribution in [1.82, 2.24) is 0 Å². The molecule has 0 atom stereocenters. The number of nitrogens with zero attached hydrogens (tertiary/aromatic N) is 1. The number of benzene rings is 3. The summed E-state index contributed by atoms with van der Waals surface area (Å²) in [6.07, 6.45) is -0.471.